The fraction of sp³-hybridized carbons (Fsp3) is 0.545. The molecule has 2 aromatic rings. The van der Waals surface area contributed by atoms with Crippen LogP contribution >= 0.6 is 11.6 Å². The Labute approximate surface area is 264 Å². The molecular weight excluding hydrogens is 599 g/mol. The lowest BCUT2D eigenvalue weighted by Gasteiger charge is -2.40. The summed E-state index contributed by atoms with van der Waals surface area (Å²) in [6, 6.07) is 7.55. The Morgan fingerprint density at radius 3 is 2.14 bits per heavy atom. The predicted octanol–water partition coefficient (Wildman–Crippen LogP) is 9.29. The molecule has 0 saturated heterocycles. The number of benzene rings is 2. The Hall–Kier alpha value is -2.52. The number of nitrogens with one attached hydrogen (secondary N) is 1. The van der Waals surface area contributed by atoms with Crippen molar-refractivity contribution in [2.24, 2.45) is 5.92 Å². The van der Waals surface area contributed by atoms with E-state index in [1.807, 2.05) is 33.0 Å². The van der Waals surface area contributed by atoms with Crippen molar-refractivity contribution in [1.82, 2.24) is 5.32 Å². The van der Waals surface area contributed by atoms with E-state index in [9.17, 15) is 14.0 Å². The van der Waals surface area contributed by atoms with Crippen molar-refractivity contribution in [1.29, 1.82) is 0 Å². The number of carbonyl (C=O) groups excluding carboxylic acids is 2. The fourth-order valence-electron chi connectivity index (χ4n) is 4.03. The number of nitrogens with zero attached hydrogens (tertiary/aromatic N) is 1. The van der Waals surface area contributed by atoms with Crippen LogP contribution in [0.3, 0.4) is 0 Å². The molecule has 2 aromatic carbocycles. The van der Waals surface area contributed by atoms with E-state index in [0.29, 0.717) is 17.1 Å². The topological polar surface area (TPSA) is 69.0 Å². The van der Waals surface area contributed by atoms with Crippen molar-refractivity contribution >= 4 is 45.6 Å². The number of hydrogen-bond donors (Lipinski definition) is 1. The molecule has 0 heterocycles. The number of hydrogen-bond acceptors (Lipinski definition) is 4. The average Bonchev–Trinajstić information content (AvgIpc) is 2.87. The van der Waals surface area contributed by atoms with Gasteiger partial charge in [-0.1, -0.05) is 65.3 Å². The van der Waals surface area contributed by atoms with Crippen LogP contribution in [0.25, 0.3) is 4.85 Å². The van der Waals surface area contributed by atoms with Crippen LogP contribution in [0.15, 0.2) is 30.3 Å². The van der Waals surface area contributed by atoms with Gasteiger partial charge < -0.3 is 14.2 Å². The fourth-order valence-corrected chi connectivity index (χ4v) is 6.72. The quantitative estimate of drug-likeness (QED) is 0.150. The molecule has 0 radical (unpaired) electrons. The molecule has 236 valence electrons. The zero-order chi connectivity index (χ0) is 33.1. The molecule has 1 amide bonds. The molecule has 43 heavy (non-hydrogen) atoms. The summed E-state index contributed by atoms with van der Waals surface area (Å²) in [6.07, 6.45) is -0.133. The third-order valence-corrected chi connectivity index (χ3v) is 18.5. The Kier molecular flexibility index (Phi) is 11.6. The molecule has 0 bridgehead atoms. The van der Waals surface area contributed by atoms with Gasteiger partial charge in [-0.05, 0) is 85.9 Å². The van der Waals surface area contributed by atoms with E-state index in [0.717, 1.165) is 11.1 Å². The summed E-state index contributed by atoms with van der Waals surface area (Å²) in [7, 11) is -4.58. The minimum absolute atomic E-state index is 0.0493. The number of halogens is 2. The summed E-state index contributed by atoms with van der Waals surface area (Å²) in [5, 5.41) is 2.96. The van der Waals surface area contributed by atoms with Crippen molar-refractivity contribution in [3.63, 3.8) is 0 Å². The maximum absolute atomic E-state index is 14.7. The summed E-state index contributed by atoms with van der Waals surface area (Å²) < 4.78 is 27.4. The van der Waals surface area contributed by atoms with Gasteiger partial charge in [0.25, 0.3) is 8.32 Å². The minimum Gasteiger partial charge on any atom is -0.542 e. The van der Waals surface area contributed by atoms with Gasteiger partial charge in [0.1, 0.15) is 5.75 Å². The normalized spacial score (nSPS) is 14.1. The van der Waals surface area contributed by atoms with Crippen LogP contribution in [-0.4, -0.2) is 41.0 Å². The van der Waals surface area contributed by atoms with Crippen LogP contribution in [0.1, 0.15) is 70.0 Å². The van der Waals surface area contributed by atoms with Crippen molar-refractivity contribution < 1.29 is 22.8 Å². The molecule has 0 spiro atoms. The van der Waals surface area contributed by atoms with E-state index < -0.39 is 34.5 Å². The molecular formula is C33H48ClFN2O4Si2. The highest BCUT2D eigenvalue weighted by atomic mass is 35.5. The van der Waals surface area contributed by atoms with E-state index in [-0.39, 0.29) is 39.6 Å². The minimum atomic E-state index is -2.34. The molecule has 0 aliphatic heterocycles. The monoisotopic (exact) mass is 646 g/mol. The highest BCUT2D eigenvalue weighted by molar-refractivity contribution is 6.75. The van der Waals surface area contributed by atoms with Crippen molar-refractivity contribution in [3.8, 4) is 5.75 Å². The lowest BCUT2D eigenvalue weighted by Crippen LogP contribution is -2.48. The molecule has 0 saturated carbocycles. The SMILES string of the molecule is [C-]#[N+]c1ccc(CC(C(=O)NCC(=O)c2ccc(F)c(O[Si](C)(C)C(C)(C)C)c2)[C@@H](C)O[Si](C)(C)C(C)(C)C)c(C)c1Cl. The molecule has 0 fully saturated rings. The maximum atomic E-state index is 14.7. The number of amides is 1. The first-order valence-corrected chi connectivity index (χ1v) is 20.8. The first kappa shape index (κ1) is 36.7. The second kappa shape index (κ2) is 13.6. The van der Waals surface area contributed by atoms with Crippen LogP contribution in [-0.2, 0) is 15.6 Å². The summed E-state index contributed by atoms with van der Waals surface area (Å²) >= 11 is 6.45. The number of carbonyl (C=O) groups is 2. The van der Waals surface area contributed by atoms with Crippen LogP contribution in [0.5, 0.6) is 5.75 Å². The predicted molar refractivity (Wildman–Crippen MR) is 179 cm³/mol. The third kappa shape index (κ3) is 9.01. The Morgan fingerprint density at radius 1 is 1.02 bits per heavy atom. The summed E-state index contributed by atoms with van der Waals surface area (Å²) in [4.78, 5) is 30.4. The number of ketones is 1. The van der Waals surface area contributed by atoms with Crippen molar-refractivity contribution in [2.75, 3.05) is 6.54 Å². The smallest absolute Gasteiger partial charge is 0.250 e. The summed E-state index contributed by atoms with van der Waals surface area (Å²) in [5.74, 6) is -1.79. The third-order valence-electron chi connectivity index (χ3n) is 9.08. The van der Waals surface area contributed by atoms with Crippen molar-refractivity contribution in [3.05, 3.63) is 69.3 Å². The Balaban J connectivity index is 2.33. The van der Waals surface area contributed by atoms with Gasteiger partial charge in [-0.2, -0.15) is 0 Å². The molecule has 1 unspecified atom stereocenters. The van der Waals surface area contributed by atoms with E-state index in [4.69, 9.17) is 27.0 Å². The van der Waals surface area contributed by atoms with Gasteiger partial charge in [0.05, 0.1) is 30.2 Å². The van der Waals surface area contributed by atoms with Gasteiger partial charge in [0, 0.05) is 5.56 Å². The molecule has 0 aliphatic carbocycles. The molecule has 2 atom stereocenters. The van der Waals surface area contributed by atoms with Crippen LogP contribution < -0.4 is 9.74 Å². The molecule has 0 aromatic heterocycles. The molecule has 1 N–H and O–H groups in total. The van der Waals surface area contributed by atoms with Gasteiger partial charge in [-0.3, -0.25) is 9.59 Å². The lowest BCUT2D eigenvalue weighted by atomic mass is 9.91. The highest BCUT2D eigenvalue weighted by Crippen LogP contribution is 2.40. The van der Waals surface area contributed by atoms with Crippen LogP contribution in [0, 0.1) is 25.2 Å². The Morgan fingerprint density at radius 2 is 1.60 bits per heavy atom. The molecule has 0 aliphatic rings. The highest BCUT2D eigenvalue weighted by Gasteiger charge is 2.41. The maximum Gasteiger partial charge on any atom is 0.250 e. The first-order chi connectivity index (χ1) is 19.5. The zero-order valence-electron chi connectivity index (χ0n) is 27.8. The van der Waals surface area contributed by atoms with Crippen LogP contribution in [0.4, 0.5) is 10.1 Å². The van der Waals surface area contributed by atoms with E-state index in [1.54, 1.807) is 6.07 Å². The second-order valence-corrected chi connectivity index (χ2v) is 24.2. The zero-order valence-corrected chi connectivity index (χ0v) is 30.5. The second-order valence-electron chi connectivity index (χ2n) is 14.3. The standard InChI is InChI=1S/C33H48ClFN2O4Si2/c1-21-23(15-17-27(36-9)30(21)34)18-25(22(2)40-42(10,11)32(3,4)5)31(39)37-20-28(38)24-14-16-26(35)29(19-24)41-43(12,13)33(6,7)8/h14-17,19,22,25H,18,20H2,1-8,10-13H3,(H,37,39)/t22-,25?/m1/s1. The summed E-state index contributed by atoms with van der Waals surface area (Å²) in [5.41, 5.74) is 2.19. The van der Waals surface area contributed by atoms with E-state index in [1.165, 1.54) is 18.2 Å². The van der Waals surface area contributed by atoms with E-state index in [2.05, 4.69) is 64.8 Å². The van der Waals surface area contributed by atoms with E-state index >= 15 is 0 Å². The largest absolute Gasteiger partial charge is 0.542 e. The van der Waals surface area contributed by atoms with Crippen molar-refractivity contribution in [2.45, 2.75) is 104 Å². The Bertz CT molecular complexity index is 1390. The van der Waals surface area contributed by atoms with Gasteiger partial charge in [0.15, 0.2) is 19.9 Å². The molecule has 6 nitrogen and oxygen atoms in total. The molecule has 2 rings (SSSR count). The lowest BCUT2D eigenvalue weighted by molar-refractivity contribution is -0.127. The number of rotatable bonds is 11. The van der Waals surface area contributed by atoms with Gasteiger partial charge >= 0.3 is 0 Å². The molecule has 10 heteroatoms. The van der Waals surface area contributed by atoms with Crippen LogP contribution in [0.2, 0.25) is 41.3 Å². The van der Waals surface area contributed by atoms with Gasteiger partial charge in [-0.15, -0.1) is 0 Å². The summed E-state index contributed by atoms with van der Waals surface area (Å²) in [6.45, 7) is 31.7. The first-order valence-electron chi connectivity index (χ1n) is 14.6. The average molecular weight is 647 g/mol. The number of Topliss-reactive ketones (excluding diaryl/α,β-unsaturated/α-hetero) is 1. The van der Waals surface area contributed by atoms with Gasteiger partial charge in [-0.25, -0.2) is 9.24 Å². The van der Waals surface area contributed by atoms with Gasteiger partial charge in [0.2, 0.25) is 11.6 Å².